The summed E-state index contributed by atoms with van der Waals surface area (Å²) in [5.74, 6) is 0. The van der Waals surface area contributed by atoms with E-state index in [-0.39, 0.29) is 6.10 Å². The molecule has 15 heavy (non-hydrogen) atoms. The van der Waals surface area contributed by atoms with Crippen molar-refractivity contribution < 1.29 is 9.47 Å². The number of ether oxygens (including phenoxy) is 2. The molecular formula is C13H16O2. The lowest BCUT2D eigenvalue weighted by molar-refractivity contribution is -0.0672. The first-order valence-electron chi connectivity index (χ1n) is 5.29. The number of rotatable bonds is 2. The minimum atomic E-state index is 0.110. The van der Waals surface area contributed by atoms with Gasteiger partial charge in [-0.25, -0.2) is 0 Å². The monoisotopic (exact) mass is 204 g/mol. The quantitative estimate of drug-likeness (QED) is 0.736. The SMILES string of the molecule is Cc1ccccc1/C=C/C1COCCO1. The highest BCUT2D eigenvalue weighted by Crippen LogP contribution is 2.11. The number of benzene rings is 1. The molecule has 0 aliphatic carbocycles. The van der Waals surface area contributed by atoms with Gasteiger partial charge >= 0.3 is 0 Å². The molecule has 1 unspecified atom stereocenters. The molecule has 0 saturated carbocycles. The van der Waals surface area contributed by atoms with Crippen LogP contribution in [0.2, 0.25) is 0 Å². The first kappa shape index (κ1) is 10.4. The zero-order valence-corrected chi connectivity index (χ0v) is 8.98. The van der Waals surface area contributed by atoms with Gasteiger partial charge in [0.15, 0.2) is 0 Å². The zero-order chi connectivity index (χ0) is 10.5. The van der Waals surface area contributed by atoms with Crippen LogP contribution < -0.4 is 0 Å². The van der Waals surface area contributed by atoms with Crippen LogP contribution >= 0.6 is 0 Å². The van der Waals surface area contributed by atoms with E-state index < -0.39 is 0 Å². The molecule has 2 heteroatoms. The summed E-state index contributed by atoms with van der Waals surface area (Å²) in [6, 6.07) is 8.31. The lowest BCUT2D eigenvalue weighted by Gasteiger charge is -2.19. The minimum Gasteiger partial charge on any atom is -0.376 e. The van der Waals surface area contributed by atoms with Crippen molar-refractivity contribution >= 4 is 6.08 Å². The van der Waals surface area contributed by atoms with E-state index in [0.717, 1.165) is 0 Å². The molecule has 1 aromatic carbocycles. The summed E-state index contributed by atoms with van der Waals surface area (Å²) in [6.45, 7) is 4.19. The van der Waals surface area contributed by atoms with Crippen LogP contribution in [-0.2, 0) is 9.47 Å². The molecule has 1 atom stereocenters. The van der Waals surface area contributed by atoms with Gasteiger partial charge in [-0.2, -0.15) is 0 Å². The summed E-state index contributed by atoms with van der Waals surface area (Å²) in [7, 11) is 0. The smallest absolute Gasteiger partial charge is 0.0993 e. The highest BCUT2D eigenvalue weighted by Gasteiger charge is 2.10. The maximum absolute atomic E-state index is 5.53. The Morgan fingerprint density at radius 2 is 2.13 bits per heavy atom. The number of hydrogen-bond donors (Lipinski definition) is 0. The lowest BCUT2D eigenvalue weighted by Crippen LogP contribution is -2.26. The number of hydrogen-bond acceptors (Lipinski definition) is 2. The van der Waals surface area contributed by atoms with Crippen LogP contribution in [0.1, 0.15) is 11.1 Å². The maximum atomic E-state index is 5.53. The molecule has 2 rings (SSSR count). The molecule has 1 aliphatic heterocycles. The summed E-state index contributed by atoms with van der Waals surface area (Å²) in [5, 5.41) is 0. The molecule has 0 radical (unpaired) electrons. The third-order valence-electron chi connectivity index (χ3n) is 2.52. The highest BCUT2D eigenvalue weighted by atomic mass is 16.6. The average molecular weight is 204 g/mol. The molecule has 80 valence electrons. The Bertz CT molecular complexity index is 338. The molecule has 1 saturated heterocycles. The first-order valence-corrected chi connectivity index (χ1v) is 5.29. The van der Waals surface area contributed by atoms with Crippen molar-refractivity contribution in [3.63, 3.8) is 0 Å². The Morgan fingerprint density at radius 3 is 2.87 bits per heavy atom. The van der Waals surface area contributed by atoms with E-state index in [0.29, 0.717) is 19.8 Å². The predicted molar refractivity (Wildman–Crippen MR) is 60.8 cm³/mol. The van der Waals surface area contributed by atoms with Gasteiger partial charge in [0, 0.05) is 0 Å². The summed E-state index contributed by atoms with van der Waals surface area (Å²) in [4.78, 5) is 0. The molecule has 1 fully saturated rings. The van der Waals surface area contributed by atoms with Crippen LogP contribution in [0.5, 0.6) is 0 Å². The van der Waals surface area contributed by atoms with Gasteiger partial charge in [-0.3, -0.25) is 0 Å². The van der Waals surface area contributed by atoms with Gasteiger partial charge in [0.25, 0.3) is 0 Å². The largest absolute Gasteiger partial charge is 0.376 e. The fraction of sp³-hybridized carbons (Fsp3) is 0.385. The van der Waals surface area contributed by atoms with E-state index >= 15 is 0 Å². The minimum absolute atomic E-state index is 0.110. The van der Waals surface area contributed by atoms with Crippen molar-refractivity contribution in [2.45, 2.75) is 13.0 Å². The number of aryl methyl sites for hydroxylation is 1. The first-order chi connectivity index (χ1) is 7.36. The van der Waals surface area contributed by atoms with Gasteiger partial charge in [0.1, 0.15) is 0 Å². The van der Waals surface area contributed by atoms with E-state index in [1.165, 1.54) is 11.1 Å². The van der Waals surface area contributed by atoms with Crippen LogP contribution in [0.3, 0.4) is 0 Å². The highest BCUT2D eigenvalue weighted by molar-refractivity contribution is 5.53. The summed E-state index contributed by atoms with van der Waals surface area (Å²) >= 11 is 0. The molecule has 1 aromatic rings. The summed E-state index contributed by atoms with van der Waals surface area (Å²) in [5.41, 5.74) is 2.53. The third kappa shape index (κ3) is 2.91. The van der Waals surface area contributed by atoms with E-state index in [1.54, 1.807) is 0 Å². The second-order valence-electron chi connectivity index (χ2n) is 3.70. The fourth-order valence-electron chi connectivity index (χ4n) is 1.60. The zero-order valence-electron chi connectivity index (χ0n) is 8.98. The topological polar surface area (TPSA) is 18.5 Å². The van der Waals surface area contributed by atoms with Crippen LogP contribution in [0, 0.1) is 6.92 Å². The molecule has 0 bridgehead atoms. The van der Waals surface area contributed by atoms with Gasteiger partial charge in [-0.15, -0.1) is 0 Å². The summed E-state index contributed by atoms with van der Waals surface area (Å²) in [6.07, 6.45) is 4.29. The van der Waals surface area contributed by atoms with Crippen molar-refractivity contribution in [3.8, 4) is 0 Å². The molecule has 2 nitrogen and oxygen atoms in total. The molecule has 1 aliphatic rings. The molecule has 0 aromatic heterocycles. The molecular weight excluding hydrogens is 188 g/mol. The van der Waals surface area contributed by atoms with Gasteiger partial charge in [-0.1, -0.05) is 36.4 Å². The van der Waals surface area contributed by atoms with Crippen LogP contribution in [0.25, 0.3) is 6.08 Å². The summed E-state index contributed by atoms with van der Waals surface area (Å²) < 4.78 is 10.9. The molecule has 1 heterocycles. The standard InChI is InChI=1S/C13H16O2/c1-11-4-2-3-5-12(11)6-7-13-10-14-8-9-15-13/h2-7,13H,8-10H2,1H3/b7-6+. The molecule has 0 amide bonds. The van der Waals surface area contributed by atoms with Crippen LogP contribution in [0.4, 0.5) is 0 Å². The Labute approximate surface area is 90.5 Å². The average Bonchev–Trinajstić information content (AvgIpc) is 2.29. The van der Waals surface area contributed by atoms with Crippen molar-refractivity contribution in [2.24, 2.45) is 0 Å². The normalized spacial score (nSPS) is 22.1. The van der Waals surface area contributed by atoms with E-state index in [2.05, 4.69) is 31.2 Å². The lowest BCUT2D eigenvalue weighted by atomic mass is 10.1. The van der Waals surface area contributed by atoms with Crippen LogP contribution in [-0.4, -0.2) is 25.9 Å². The van der Waals surface area contributed by atoms with Gasteiger partial charge in [-0.05, 0) is 18.1 Å². The maximum Gasteiger partial charge on any atom is 0.0993 e. The van der Waals surface area contributed by atoms with Crippen molar-refractivity contribution in [1.82, 2.24) is 0 Å². The van der Waals surface area contributed by atoms with Gasteiger partial charge in [0.2, 0.25) is 0 Å². The predicted octanol–water partition coefficient (Wildman–Crippen LogP) is 2.42. The van der Waals surface area contributed by atoms with E-state index in [4.69, 9.17) is 9.47 Å². The van der Waals surface area contributed by atoms with Gasteiger partial charge < -0.3 is 9.47 Å². The van der Waals surface area contributed by atoms with Gasteiger partial charge in [0.05, 0.1) is 25.9 Å². The Balaban J connectivity index is 2.01. The van der Waals surface area contributed by atoms with Crippen molar-refractivity contribution in [1.29, 1.82) is 0 Å². The van der Waals surface area contributed by atoms with Crippen molar-refractivity contribution in [3.05, 3.63) is 41.5 Å². The Hall–Kier alpha value is -1.12. The van der Waals surface area contributed by atoms with Crippen LogP contribution in [0.15, 0.2) is 30.3 Å². The van der Waals surface area contributed by atoms with Crippen molar-refractivity contribution in [2.75, 3.05) is 19.8 Å². The third-order valence-corrected chi connectivity index (χ3v) is 2.52. The molecule has 0 spiro atoms. The molecule has 0 N–H and O–H groups in total. The Kier molecular flexibility index (Phi) is 3.54. The second-order valence-corrected chi connectivity index (χ2v) is 3.70. The fourth-order valence-corrected chi connectivity index (χ4v) is 1.60. The second kappa shape index (κ2) is 5.10. The van der Waals surface area contributed by atoms with E-state index in [1.807, 2.05) is 12.1 Å². The van der Waals surface area contributed by atoms with E-state index in [9.17, 15) is 0 Å². The Morgan fingerprint density at radius 1 is 1.27 bits per heavy atom.